The van der Waals surface area contributed by atoms with Gasteiger partial charge in [0.15, 0.2) is 0 Å². The molecule has 2 heteroatoms. The Hall–Kier alpha value is -1.23. The first kappa shape index (κ1) is 10.8. The number of allylic oxidation sites excluding steroid dienone is 3. The fourth-order valence-electron chi connectivity index (χ4n) is 0.939. The van der Waals surface area contributed by atoms with Crippen LogP contribution in [0.15, 0.2) is 23.4 Å². The van der Waals surface area contributed by atoms with Crippen molar-refractivity contribution >= 4 is 0 Å². The molecule has 0 unspecified atom stereocenters. The molecule has 0 amide bonds. The van der Waals surface area contributed by atoms with Crippen LogP contribution in [-0.2, 0) is 0 Å². The van der Waals surface area contributed by atoms with Gasteiger partial charge in [-0.25, -0.2) is 0 Å². The lowest BCUT2D eigenvalue weighted by atomic mass is 10.1. The van der Waals surface area contributed by atoms with Gasteiger partial charge < -0.3 is 5.32 Å². The zero-order valence-corrected chi connectivity index (χ0v) is 8.02. The number of nitriles is 1. The van der Waals surface area contributed by atoms with Crippen LogP contribution in [0, 0.1) is 11.3 Å². The van der Waals surface area contributed by atoms with Crippen molar-refractivity contribution in [3.8, 4) is 6.07 Å². The van der Waals surface area contributed by atoms with Crippen molar-refractivity contribution in [2.45, 2.75) is 26.7 Å². The maximum atomic E-state index is 8.79. The Balaban J connectivity index is 4.45. The van der Waals surface area contributed by atoms with Gasteiger partial charge in [0, 0.05) is 12.7 Å². The summed E-state index contributed by atoms with van der Waals surface area (Å²) in [5, 5.41) is 11.8. The SMILES string of the molecule is C/C=C(NC)\C(C#N)=C/CCC. The summed E-state index contributed by atoms with van der Waals surface area (Å²) in [6.45, 7) is 4.02. The summed E-state index contributed by atoms with van der Waals surface area (Å²) in [7, 11) is 1.83. The van der Waals surface area contributed by atoms with Crippen molar-refractivity contribution in [2.75, 3.05) is 7.05 Å². The number of unbranched alkanes of at least 4 members (excludes halogenated alkanes) is 1. The molecule has 0 aliphatic heterocycles. The molecule has 0 atom stereocenters. The molecule has 0 aromatic rings. The maximum Gasteiger partial charge on any atom is 0.101 e. The lowest BCUT2D eigenvalue weighted by Gasteiger charge is -2.03. The van der Waals surface area contributed by atoms with E-state index in [2.05, 4.69) is 18.3 Å². The van der Waals surface area contributed by atoms with E-state index < -0.39 is 0 Å². The Morgan fingerprint density at radius 2 is 2.25 bits per heavy atom. The lowest BCUT2D eigenvalue weighted by Crippen LogP contribution is -2.07. The highest BCUT2D eigenvalue weighted by molar-refractivity contribution is 5.40. The fraction of sp³-hybridized carbons (Fsp3) is 0.500. The van der Waals surface area contributed by atoms with Crippen molar-refractivity contribution in [1.82, 2.24) is 5.32 Å². The Labute approximate surface area is 74.6 Å². The predicted molar refractivity (Wildman–Crippen MR) is 51.4 cm³/mol. The molecule has 0 spiro atoms. The Morgan fingerprint density at radius 3 is 2.58 bits per heavy atom. The van der Waals surface area contributed by atoms with Gasteiger partial charge in [-0.05, 0) is 13.3 Å². The topological polar surface area (TPSA) is 35.8 Å². The van der Waals surface area contributed by atoms with Crippen LogP contribution in [-0.4, -0.2) is 7.05 Å². The smallest absolute Gasteiger partial charge is 0.101 e. The molecule has 0 fully saturated rings. The lowest BCUT2D eigenvalue weighted by molar-refractivity contribution is 0.940. The van der Waals surface area contributed by atoms with E-state index in [1.165, 1.54) is 0 Å². The van der Waals surface area contributed by atoms with Crippen LogP contribution < -0.4 is 5.32 Å². The van der Waals surface area contributed by atoms with Gasteiger partial charge in [-0.3, -0.25) is 0 Å². The molecule has 0 aliphatic carbocycles. The predicted octanol–water partition coefficient (Wildman–Crippen LogP) is 2.36. The van der Waals surface area contributed by atoms with E-state index in [0.29, 0.717) is 0 Å². The van der Waals surface area contributed by atoms with Crippen LogP contribution in [0.3, 0.4) is 0 Å². The molecule has 0 rings (SSSR count). The van der Waals surface area contributed by atoms with Gasteiger partial charge in [-0.15, -0.1) is 0 Å². The number of hydrogen-bond donors (Lipinski definition) is 1. The third-order valence-corrected chi connectivity index (χ3v) is 1.61. The van der Waals surface area contributed by atoms with E-state index in [-0.39, 0.29) is 0 Å². The van der Waals surface area contributed by atoms with Gasteiger partial charge >= 0.3 is 0 Å². The maximum absolute atomic E-state index is 8.79. The number of hydrogen-bond acceptors (Lipinski definition) is 2. The quantitative estimate of drug-likeness (QED) is 0.511. The summed E-state index contributed by atoms with van der Waals surface area (Å²) in [6.07, 6.45) is 5.91. The second-order valence-electron chi connectivity index (χ2n) is 2.47. The van der Waals surface area contributed by atoms with Crippen LogP contribution in [0.5, 0.6) is 0 Å². The molecule has 12 heavy (non-hydrogen) atoms. The number of nitrogens with zero attached hydrogens (tertiary/aromatic N) is 1. The van der Waals surface area contributed by atoms with Crippen molar-refractivity contribution in [3.63, 3.8) is 0 Å². The van der Waals surface area contributed by atoms with Crippen molar-refractivity contribution in [2.24, 2.45) is 0 Å². The van der Waals surface area contributed by atoms with E-state index in [1.807, 2.05) is 26.1 Å². The van der Waals surface area contributed by atoms with Crippen molar-refractivity contribution < 1.29 is 0 Å². The van der Waals surface area contributed by atoms with Gasteiger partial charge in [0.25, 0.3) is 0 Å². The van der Waals surface area contributed by atoms with Crippen LogP contribution in [0.1, 0.15) is 26.7 Å². The third-order valence-electron chi connectivity index (χ3n) is 1.61. The van der Waals surface area contributed by atoms with Crippen molar-refractivity contribution in [1.29, 1.82) is 5.26 Å². The molecular formula is C10H16N2. The molecule has 1 N–H and O–H groups in total. The third kappa shape index (κ3) is 3.25. The first-order chi connectivity index (χ1) is 5.79. The van der Waals surface area contributed by atoms with E-state index in [4.69, 9.17) is 5.26 Å². The number of nitrogens with one attached hydrogen (secondary N) is 1. The average molecular weight is 164 g/mol. The highest BCUT2D eigenvalue weighted by Gasteiger charge is 1.98. The minimum absolute atomic E-state index is 0.738. The minimum atomic E-state index is 0.738. The second-order valence-corrected chi connectivity index (χ2v) is 2.47. The highest BCUT2D eigenvalue weighted by atomic mass is 14.8. The largest absolute Gasteiger partial charge is 0.387 e. The fourth-order valence-corrected chi connectivity index (χ4v) is 0.939. The van der Waals surface area contributed by atoms with Gasteiger partial charge in [-0.2, -0.15) is 5.26 Å². The summed E-state index contributed by atoms with van der Waals surface area (Å²) < 4.78 is 0. The Bertz CT molecular complexity index is 218. The summed E-state index contributed by atoms with van der Waals surface area (Å²) >= 11 is 0. The normalized spacial score (nSPS) is 12.5. The zero-order valence-electron chi connectivity index (χ0n) is 8.02. The summed E-state index contributed by atoms with van der Waals surface area (Å²) in [5.41, 5.74) is 1.65. The average Bonchev–Trinajstić information content (AvgIpc) is 2.12. The first-order valence-corrected chi connectivity index (χ1v) is 4.24. The summed E-state index contributed by atoms with van der Waals surface area (Å²) in [5.74, 6) is 0. The Kier molecular flexibility index (Phi) is 5.81. The van der Waals surface area contributed by atoms with Crippen LogP contribution in [0.2, 0.25) is 0 Å². The molecule has 0 aliphatic rings. The first-order valence-electron chi connectivity index (χ1n) is 4.24. The molecule has 66 valence electrons. The van der Waals surface area contributed by atoms with Crippen LogP contribution >= 0.6 is 0 Å². The van der Waals surface area contributed by atoms with Gasteiger partial charge in [0.1, 0.15) is 6.07 Å². The molecule has 0 aromatic carbocycles. The minimum Gasteiger partial charge on any atom is -0.387 e. The van der Waals surface area contributed by atoms with Crippen LogP contribution in [0.4, 0.5) is 0 Å². The van der Waals surface area contributed by atoms with E-state index in [1.54, 1.807) is 0 Å². The molecule has 0 saturated heterocycles. The molecule has 2 nitrogen and oxygen atoms in total. The summed E-state index contributed by atoms with van der Waals surface area (Å²) in [6, 6.07) is 2.17. The van der Waals surface area contributed by atoms with Gasteiger partial charge in [0.05, 0.1) is 5.57 Å². The zero-order chi connectivity index (χ0) is 9.40. The van der Waals surface area contributed by atoms with E-state index in [0.717, 1.165) is 24.1 Å². The second kappa shape index (κ2) is 6.48. The van der Waals surface area contributed by atoms with Gasteiger partial charge in [0.2, 0.25) is 0 Å². The Morgan fingerprint density at radius 1 is 1.58 bits per heavy atom. The van der Waals surface area contributed by atoms with Crippen LogP contribution in [0.25, 0.3) is 0 Å². The molecule has 0 saturated carbocycles. The molecular weight excluding hydrogens is 148 g/mol. The standard InChI is InChI=1S/C10H16N2/c1-4-6-7-9(8-11)10(5-2)12-3/h5,7,12H,4,6H2,1-3H3/b9-7-,10-5+. The number of likely N-dealkylation sites (N-methyl/N-ethyl adjacent to an activating group) is 1. The monoisotopic (exact) mass is 164 g/mol. The summed E-state index contributed by atoms with van der Waals surface area (Å²) in [4.78, 5) is 0. The van der Waals surface area contributed by atoms with Gasteiger partial charge in [-0.1, -0.05) is 25.5 Å². The van der Waals surface area contributed by atoms with E-state index in [9.17, 15) is 0 Å². The number of rotatable bonds is 4. The molecule has 0 bridgehead atoms. The highest BCUT2D eigenvalue weighted by Crippen LogP contribution is 2.06. The van der Waals surface area contributed by atoms with Crippen molar-refractivity contribution in [3.05, 3.63) is 23.4 Å². The van der Waals surface area contributed by atoms with E-state index >= 15 is 0 Å². The molecule has 0 aromatic heterocycles. The molecule has 0 radical (unpaired) electrons. The molecule has 0 heterocycles.